The van der Waals surface area contributed by atoms with Gasteiger partial charge in [-0.1, -0.05) is 0 Å². The Labute approximate surface area is 130 Å². The second kappa shape index (κ2) is 5.48. The van der Waals surface area contributed by atoms with E-state index < -0.39 is 30.7 Å². The number of nitrogens with one attached hydrogen (secondary N) is 1. The maximum atomic E-state index is 15.0. The van der Waals surface area contributed by atoms with Gasteiger partial charge in [0.2, 0.25) is 0 Å². The Hall–Kier alpha value is -2.17. The molecular formula is C13H17FN6O3. The summed E-state index contributed by atoms with van der Waals surface area (Å²) < 4.78 is 21.8. The number of hydrogen-bond donors (Lipinski definition) is 4. The maximum Gasteiger partial charge on any atom is 0.181 e. The van der Waals surface area contributed by atoms with Crippen molar-refractivity contribution in [3.63, 3.8) is 0 Å². The molecule has 5 N–H and O–H groups in total. The largest absolute Gasteiger partial charge is 0.394 e. The third-order valence-corrected chi connectivity index (χ3v) is 4.12. The highest BCUT2D eigenvalue weighted by Crippen LogP contribution is 2.43. The summed E-state index contributed by atoms with van der Waals surface area (Å²) in [4.78, 5) is 8.01. The van der Waals surface area contributed by atoms with Crippen molar-refractivity contribution in [3.05, 3.63) is 18.1 Å². The minimum atomic E-state index is -2.14. The Balaban J connectivity index is 2.17. The molecule has 0 spiro atoms. The van der Waals surface area contributed by atoms with Crippen LogP contribution in [0.4, 0.5) is 10.2 Å². The zero-order valence-electron chi connectivity index (χ0n) is 12.3. The Morgan fingerprint density at radius 2 is 2.30 bits per heavy atom. The number of aliphatic hydroxyl groups is 2. The Morgan fingerprint density at radius 3 is 2.91 bits per heavy atom. The molecular weight excluding hydrogens is 307 g/mol. The van der Waals surface area contributed by atoms with Crippen LogP contribution in [-0.2, 0) is 11.3 Å². The number of rotatable bonds is 4. The molecule has 1 fully saturated rings. The predicted molar refractivity (Wildman–Crippen MR) is 77.3 cm³/mol. The van der Waals surface area contributed by atoms with Crippen molar-refractivity contribution >= 4 is 16.9 Å². The minimum absolute atomic E-state index is 0.0305. The van der Waals surface area contributed by atoms with Crippen molar-refractivity contribution in [2.24, 2.45) is 5.11 Å². The number of aromatic nitrogens is 3. The molecule has 4 atom stereocenters. The van der Waals surface area contributed by atoms with Gasteiger partial charge >= 0.3 is 0 Å². The highest BCUT2D eigenvalue weighted by Gasteiger charge is 2.55. The monoisotopic (exact) mass is 324 g/mol. The van der Waals surface area contributed by atoms with Crippen LogP contribution in [-0.4, -0.2) is 49.2 Å². The first-order valence-corrected chi connectivity index (χ1v) is 6.98. The van der Waals surface area contributed by atoms with Crippen molar-refractivity contribution in [2.75, 3.05) is 12.3 Å². The van der Waals surface area contributed by atoms with E-state index >= 15 is 0 Å². The van der Waals surface area contributed by atoms with Crippen LogP contribution in [0.3, 0.4) is 0 Å². The summed E-state index contributed by atoms with van der Waals surface area (Å²) in [6.07, 6.45) is -0.969. The van der Waals surface area contributed by atoms with E-state index in [2.05, 4.69) is 15.1 Å². The van der Waals surface area contributed by atoms with Gasteiger partial charge in [0.15, 0.2) is 11.9 Å². The number of fused-ring (bicyclic) bond motifs is 1. The number of aliphatic hydroxyl groups excluding tert-OH is 2. The summed E-state index contributed by atoms with van der Waals surface area (Å²) in [7, 11) is 0. The molecule has 10 heteroatoms. The molecule has 3 rings (SSSR count). The number of halogens is 1. The normalized spacial score (nSPS) is 30.9. The van der Waals surface area contributed by atoms with E-state index in [1.165, 1.54) is 24.0 Å². The predicted octanol–water partition coefficient (Wildman–Crippen LogP) is 0.523. The molecule has 0 radical (unpaired) electrons. The Morgan fingerprint density at radius 1 is 1.57 bits per heavy atom. The third-order valence-electron chi connectivity index (χ3n) is 4.12. The third kappa shape index (κ3) is 2.26. The summed E-state index contributed by atoms with van der Waals surface area (Å²) in [6, 6.07) is 0. The van der Waals surface area contributed by atoms with Crippen LogP contribution in [0.25, 0.3) is 11.0 Å². The smallest absolute Gasteiger partial charge is 0.181 e. The van der Waals surface area contributed by atoms with E-state index in [1.807, 2.05) is 0 Å². The number of nitrogens with two attached hydrogens (primary N) is 1. The van der Waals surface area contributed by atoms with E-state index in [0.717, 1.165) is 0 Å². The van der Waals surface area contributed by atoms with E-state index in [4.69, 9.17) is 16.0 Å². The zero-order chi connectivity index (χ0) is 16.8. The number of nitrogens with zero attached hydrogens (tertiary/aromatic N) is 4. The summed E-state index contributed by atoms with van der Waals surface area (Å²) in [5, 5.41) is 23.0. The van der Waals surface area contributed by atoms with Gasteiger partial charge in [0.1, 0.15) is 30.0 Å². The molecule has 0 aromatic carbocycles. The molecule has 0 bridgehead atoms. The summed E-state index contributed by atoms with van der Waals surface area (Å²) >= 11 is 0. The summed E-state index contributed by atoms with van der Waals surface area (Å²) in [5.41, 5.74) is 11.6. The van der Waals surface area contributed by atoms with Crippen molar-refractivity contribution in [1.82, 2.24) is 14.5 Å². The van der Waals surface area contributed by atoms with Crippen molar-refractivity contribution < 1.29 is 19.3 Å². The van der Waals surface area contributed by atoms with Crippen LogP contribution in [0, 0.1) is 5.53 Å². The van der Waals surface area contributed by atoms with E-state index in [9.17, 15) is 14.6 Å². The van der Waals surface area contributed by atoms with E-state index in [1.54, 1.807) is 0 Å². The number of nitrogen functional groups attached to an aromatic ring is 1. The molecule has 0 aliphatic carbocycles. The second-order valence-electron chi connectivity index (χ2n) is 5.64. The molecule has 3 heterocycles. The van der Waals surface area contributed by atoms with Crippen molar-refractivity contribution in [1.29, 1.82) is 5.53 Å². The molecule has 1 aliphatic heterocycles. The molecule has 0 saturated carbocycles. The van der Waals surface area contributed by atoms with Gasteiger partial charge in [-0.05, 0) is 6.92 Å². The van der Waals surface area contributed by atoms with Crippen LogP contribution in [0.15, 0.2) is 17.6 Å². The number of anilines is 1. The molecule has 2 aromatic heterocycles. The second-order valence-corrected chi connectivity index (χ2v) is 5.64. The molecule has 0 amide bonds. The van der Waals surface area contributed by atoms with Gasteiger partial charge < -0.3 is 25.3 Å². The number of ether oxygens (including phenoxy) is 1. The first kappa shape index (κ1) is 15.7. The van der Waals surface area contributed by atoms with Crippen LogP contribution in [0.2, 0.25) is 0 Å². The van der Waals surface area contributed by atoms with Gasteiger partial charge in [0, 0.05) is 11.8 Å². The van der Waals surface area contributed by atoms with Gasteiger partial charge in [-0.15, -0.1) is 0 Å². The zero-order valence-corrected chi connectivity index (χ0v) is 12.3. The minimum Gasteiger partial charge on any atom is -0.394 e. The van der Waals surface area contributed by atoms with Gasteiger partial charge in [-0.3, -0.25) is 0 Å². The van der Waals surface area contributed by atoms with Crippen molar-refractivity contribution in [3.8, 4) is 0 Å². The molecule has 2 unspecified atom stereocenters. The fourth-order valence-electron chi connectivity index (χ4n) is 2.93. The lowest BCUT2D eigenvalue weighted by molar-refractivity contribution is -0.0564. The molecule has 124 valence electrons. The first-order chi connectivity index (χ1) is 10.9. The summed E-state index contributed by atoms with van der Waals surface area (Å²) in [6.45, 7) is 0.716. The SMILES string of the molecule is C[C@@]1(F)C(O)C(CO)O[C@H]1n1cc(CN=N)c2c(N)ncnc21. The van der Waals surface area contributed by atoms with Gasteiger partial charge in [0.25, 0.3) is 0 Å². The lowest BCUT2D eigenvalue weighted by Gasteiger charge is -2.25. The van der Waals surface area contributed by atoms with Crippen LogP contribution in [0.5, 0.6) is 0 Å². The van der Waals surface area contributed by atoms with Crippen LogP contribution < -0.4 is 5.73 Å². The molecule has 1 aliphatic rings. The molecule has 1 saturated heterocycles. The van der Waals surface area contributed by atoms with Gasteiger partial charge in [-0.2, -0.15) is 5.11 Å². The number of hydrogen-bond acceptors (Lipinski definition) is 8. The Bertz CT molecular complexity index is 749. The van der Waals surface area contributed by atoms with Gasteiger partial charge in [0.05, 0.1) is 18.5 Å². The van der Waals surface area contributed by atoms with Crippen molar-refractivity contribution in [2.45, 2.75) is 37.6 Å². The lowest BCUT2D eigenvalue weighted by Crippen LogP contribution is -2.40. The maximum absolute atomic E-state index is 15.0. The summed E-state index contributed by atoms with van der Waals surface area (Å²) in [5.74, 6) is 0.185. The van der Waals surface area contributed by atoms with Crippen LogP contribution >= 0.6 is 0 Å². The number of alkyl halides is 1. The lowest BCUT2D eigenvalue weighted by atomic mass is 9.98. The molecule has 2 aromatic rings. The highest BCUT2D eigenvalue weighted by atomic mass is 19.1. The standard InChI is InChI=1S/C13H17FN6O3/c1-13(14)9(22)7(4-21)23-12(13)20-3-6(2-19-16)8-10(15)17-5-18-11(8)20/h3,5,7,9,12,16,21-22H,2,4H2,1H3,(H2,15,17,18)/t7?,9?,12-,13-/m1/s1. The fraction of sp³-hybridized carbons (Fsp3) is 0.538. The Kier molecular flexibility index (Phi) is 3.74. The average molecular weight is 324 g/mol. The quantitative estimate of drug-likeness (QED) is 0.604. The van der Waals surface area contributed by atoms with E-state index in [0.29, 0.717) is 16.6 Å². The molecule has 23 heavy (non-hydrogen) atoms. The van der Waals surface area contributed by atoms with Gasteiger partial charge in [-0.25, -0.2) is 19.9 Å². The van der Waals surface area contributed by atoms with E-state index in [-0.39, 0.29) is 12.4 Å². The van der Waals surface area contributed by atoms with Crippen LogP contribution in [0.1, 0.15) is 18.7 Å². The average Bonchev–Trinajstić information content (AvgIpc) is 2.97. The highest BCUT2D eigenvalue weighted by molar-refractivity contribution is 5.89. The fourth-order valence-corrected chi connectivity index (χ4v) is 2.93. The first-order valence-electron chi connectivity index (χ1n) is 6.98. The topological polar surface area (TPSA) is 143 Å². The molecule has 9 nitrogen and oxygen atoms in total.